The number of aromatic nitrogens is 2. The van der Waals surface area contributed by atoms with Crippen LogP contribution in [0.2, 0.25) is 0 Å². The van der Waals surface area contributed by atoms with Gasteiger partial charge < -0.3 is 10.6 Å². The summed E-state index contributed by atoms with van der Waals surface area (Å²) >= 11 is 1.53. The fraction of sp³-hybridized carbons (Fsp3) is 0.400. The number of hydrogen-bond donors (Lipinski definition) is 1. The first-order valence-electron chi connectivity index (χ1n) is 7.10. The molecule has 6 heteroatoms. The normalized spacial score (nSPS) is 18.1. The van der Waals surface area contributed by atoms with E-state index in [1.54, 1.807) is 6.20 Å². The van der Waals surface area contributed by atoms with Crippen molar-refractivity contribution in [2.24, 2.45) is 11.7 Å². The van der Waals surface area contributed by atoms with Crippen LogP contribution in [0.1, 0.15) is 12.1 Å². The van der Waals surface area contributed by atoms with Gasteiger partial charge in [-0.2, -0.15) is 0 Å². The Morgan fingerprint density at radius 2 is 2.38 bits per heavy atom. The minimum Gasteiger partial charge on any atom is -0.342 e. The second-order valence-electron chi connectivity index (χ2n) is 5.27. The van der Waals surface area contributed by atoms with Crippen LogP contribution in [-0.4, -0.2) is 40.4 Å². The third-order valence-electron chi connectivity index (χ3n) is 3.74. The summed E-state index contributed by atoms with van der Waals surface area (Å²) in [6.07, 6.45) is 3.12. The number of pyridine rings is 1. The summed E-state index contributed by atoms with van der Waals surface area (Å²) in [5.41, 5.74) is 7.33. The largest absolute Gasteiger partial charge is 0.342 e. The molecule has 110 valence electrons. The molecule has 1 fully saturated rings. The van der Waals surface area contributed by atoms with E-state index >= 15 is 0 Å². The predicted octanol–water partition coefficient (Wildman–Crippen LogP) is 1.55. The fourth-order valence-corrected chi connectivity index (χ4v) is 3.31. The molecule has 0 radical (unpaired) electrons. The minimum atomic E-state index is 0.142. The van der Waals surface area contributed by atoms with Gasteiger partial charge in [0, 0.05) is 24.7 Å². The highest BCUT2D eigenvalue weighted by Crippen LogP contribution is 2.22. The summed E-state index contributed by atoms with van der Waals surface area (Å²) in [6, 6.07) is 5.74. The van der Waals surface area contributed by atoms with E-state index in [0.29, 0.717) is 18.9 Å². The van der Waals surface area contributed by atoms with Gasteiger partial charge in [-0.1, -0.05) is 6.07 Å². The third kappa shape index (κ3) is 3.28. The first kappa shape index (κ1) is 14.2. The first-order chi connectivity index (χ1) is 10.3. The molecule has 0 aliphatic carbocycles. The summed E-state index contributed by atoms with van der Waals surface area (Å²) in [7, 11) is 0. The smallest absolute Gasteiger partial charge is 0.228 e. The number of nitrogens with zero attached hydrogens (tertiary/aromatic N) is 3. The molecular formula is C15H18N4OS. The van der Waals surface area contributed by atoms with Crippen LogP contribution in [0.25, 0.3) is 10.7 Å². The fourth-order valence-electron chi connectivity index (χ4n) is 2.51. The Morgan fingerprint density at radius 1 is 1.48 bits per heavy atom. The van der Waals surface area contributed by atoms with E-state index in [-0.39, 0.29) is 5.91 Å². The van der Waals surface area contributed by atoms with Crippen molar-refractivity contribution in [2.75, 3.05) is 19.6 Å². The zero-order valence-electron chi connectivity index (χ0n) is 11.7. The molecule has 1 unspecified atom stereocenters. The van der Waals surface area contributed by atoms with Crippen molar-refractivity contribution in [1.82, 2.24) is 14.9 Å². The SMILES string of the molecule is NCC1CCN(C(=O)Cc2csc(-c3ccccn3)n2)C1. The van der Waals surface area contributed by atoms with Gasteiger partial charge in [0.15, 0.2) is 0 Å². The van der Waals surface area contributed by atoms with Gasteiger partial charge in [-0.25, -0.2) is 4.98 Å². The minimum absolute atomic E-state index is 0.142. The van der Waals surface area contributed by atoms with Crippen LogP contribution in [0, 0.1) is 5.92 Å². The van der Waals surface area contributed by atoms with Crippen LogP contribution in [-0.2, 0) is 11.2 Å². The van der Waals surface area contributed by atoms with Crippen LogP contribution < -0.4 is 5.73 Å². The second-order valence-corrected chi connectivity index (χ2v) is 6.12. The molecule has 3 heterocycles. The van der Waals surface area contributed by atoms with E-state index in [9.17, 15) is 4.79 Å². The molecule has 0 spiro atoms. The standard InChI is InChI=1S/C15H18N4OS/c16-8-11-4-6-19(9-11)14(20)7-12-10-21-15(18-12)13-3-1-2-5-17-13/h1-3,5,10-11H,4,6-9,16H2. The van der Waals surface area contributed by atoms with Gasteiger partial charge in [0.05, 0.1) is 17.8 Å². The quantitative estimate of drug-likeness (QED) is 0.930. The Kier molecular flexibility index (Phi) is 4.26. The Balaban J connectivity index is 1.64. The summed E-state index contributed by atoms with van der Waals surface area (Å²) in [5, 5.41) is 2.80. The molecule has 1 aliphatic rings. The molecule has 2 aromatic rings. The lowest BCUT2D eigenvalue weighted by Gasteiger charge is -2.15. The lowest BCUT2D eigenvalue weighted by molar-refractivity contribution is -0.129. The Bertz CT molecular complexity index is 613. The van der Waals surface area contributed by atoms with Gasteiger partial charge in [-0.3, -0.25) is 9.78 Å². The molecule has 0 aromatic carbocycles. The van der Waals surface area contributed by atoms with Crippen LogP contribution in [0.4, 0.5) is 0 Å². The number of rotatable bonds is 4. The summed E-state index contributed by atoms with van der Waals surface area (Å²) in [4.78, 5) is 22.9. The van der Waals surface area contributed by atoms with Crippen LogP contribution >= 0.6 is 11.3 Å². The highest BCUT2D eigenvalue weighted by molar-refractivity contribution is 7.13. The molecule has 0 saturated carbocycles. The van der Waals surface area contributed by atoms with Crippen molar-refractivity contribution >= 4 is 17.2 Å². The highest BCUT2D eigenvalue weighted by Gasteiger charge is 2.25. The van der Waals surface area contributed by atoms with Crippen molar-refractivity contribution in [3.8, 4) is 10.7 Å². The van der Waals surface area contributed by atoms with Crippen molar-refractivity contribution < 1.29 is 4.79 Å². The van der Waals surface area contributed by atoms with Crippen molar-refractivity contribution in [3.05, 3.63) is 35.5 Å². The maximum absolute atomic E-state index is 12.3. The molecule has 0 bridgehead atoms. The zero-order valence-corrected chi connectivity index (χ0v) is 12.6. The average molecular weight is 302 g/mol. The van der Waals surface area contributed by atoms with Gasteiger partial charge in [0.1, 0.15) is 5.01 Å². The molecular weight excluding hydrogens is 284 g/mol. The molecule has 2 aromatic heterocycles. The number of hydrogen-bond acceptors (Lipinski definition) is 5. The van der Waals surface area contributed by atoms with E-state index in [4.69, 9.17) is 5.73 Å². The summed E-state index contributed by atoms with van der Waals surface area (Å²) in [5.74, 6) is 0.595. The Labute approximate surface area is 127 Å². The molecule has 2 N–H and O–H groups in total. The van der Waals surface area contributed by atoms with Gasteiger partial charge in [0.2, 0.25) is 5.91 Å². The first-order valence-corrected chi connectivity index (χ1v) is 7.98. The van der Waals surface area contributed by atoms with E-state index < -0.39 is 0 Å². The molecule has 1 atom stereocenters. The van der Waals surface area contributed by atoms with E-state index in [0.717, 1.165) is 35.9 Å². The van der Waals surface area contributed by atoms with Crippen LogP contribution in [0.15, 0.2) is 29.8 Å². The topological polar surface area (TPSA) is 72.1 Å². The van der Waals surface area contributed by atoms with E-state index in [1.165, 1.54) is 11.3 Å². The predicted molar refractivity (Wildman–Crippen MR) is 82.8 cm³/mol. The maximum atomic E-state index is 12.3. The molecule has 1 aliphatic heterocycles. The number of carbonyl (C=O) groups is 1. The van der Waals surface area contributed by atoms with Gasteiger partial charge in [-0.15, -0.1) is 11.3 Å². The summed E-state index contributed by atoms with van der Waals surface area (Å²) in [6.45, 7) is 2.26. The van der Waals surface area contributed by atoms with Gasteiger partial charge in [0.25, 0.3) is 0 Å². The highest BCUT2D eigenvalue weighted by atomic mass is 32.1. The number of nitrogens with two attached hydrogens (primary N) is 1. The Morgan fingerprint density at radius 3 is 3.10 bits per heavy atom. The van der Waals surface area contributed by atoms with Gasteiger partial charge >= 0.3 is 0 Å². The van der Waals surface area contributed by atoms with E-state index in [1.807, 2.05) is 28.5 Å². The molecule has 3 rings (SSSR count). The molecule has 21 heavy (non-hydrogen) atoms. The number of thiazole rings is 1. The van der Waals surface area contributed by atoms with Crippen LogP contribution in [0.5, 0.6) is 0 Å². The van der Waals surface area contributed by atoms with Crippen molar-refractivity contribution in [2.45, 2.75) is 12.8 Å². The van der Waals surface area contributed by atoms with E-state index in [2.05, 4.69) is 9.97 Å². The monoisotopic (exact) mass is 302 g/mol. The average Bonchev–Trinajstić information content (AvgIpc) is 3.17. The second kappa shape index (κ2) is 6.32. The van der Waals surface area contributed by atoms with Crippen molar-refractivity contribution in [1.29, 1.82) is 0 Å². The maximum Gasteiger partial charge on any atom is 0.228 e. The lowest BCUT2D eigenvalue weighted by atomic mass is 10.1. The number of likely N-dealkylation sites (tertiary alicyclic amines) is 1. The number of amides is 1. The van der Waals surface area contributed by atoms with Crippen LogP contribution in [0.3, 0.4) is 0 Å². The molecule has 1 amide bonds. The third-order valence-corrected chi connectivity index (χ3v) is 4.65. The molecule has 1 saturated heterocycles. The lowest BCUT2D eigenvalue weighted by Crippen LogP contribution is -2.31. The Hall–Kier alpha value is -1.79. The summed E-state index contributed by atoms with van der Waals surface area (Å²) < 4.78 is 0. The molecule has 5 nitrogen and oxygen atoms in total. The number of carbonyl (C=O) groups excluding carboxylic acids is 1. The van der Waals surface area contributed by atoms with Gasteiger partial charge in [-0.05, 0) is 31.0 Å². The zero-order chi connectivity index (χ0) is 14.7. The van der Waals surface area contributed by atoms with Crippen molar-refractivity contribution in [3.63, 3.8) is 0 Å².